The summed E-state index contributed by atoms with van der Waals surface area (Å²) in [4.78, 5) is 11.8. The van der Waals surface area contributed by atoms with Gasteiger partial charge in [-0.15, -0.1) is 10.2 Å². The van der Waals surface area contributed by atoms with Crippen molar-refractivity contribution in [3.8, 4) is 0 Å². The Bertz CT molecular complexity index is 538. The first-order valence-electron chi connectivity index (χ1n) is 6.54. The number of aromatic nitrogens is 4. The van der Waals surface area contributed by atoms with Crippen molar-refractivity contribution in [3.05, 3.63) is 23.5 Å². The maximum absolute atomic E-state index is 11.8. The molecule has 1 atom stereocenters. The quantitative estimate of drug-likeness (QED) is 0.852. The minimum Gasteiger partial charge on any atom is -0.333 e. The second-order valence-electron chi connectivity index (χ2n) is 4.48. The molecule has 2 aromatic heterocycles. The van der Waals surface area contributed by atoms with Gasteiger partial charge in [0.2, 0.25) is 5.13 Å². The zero-order valence-electron chi connectivity index (χ0n) is 11.5. The van der Waals surface area contributed by atoms with Gasteiger partial charge in [-0.25, -0.2) is 4.79 Å². The minimum atomic E-state index is -0.274. The Morgan fingerprint density at radius 1 is 1.50 bits per heavy atom. The number of hydrogen-bond acceptors (Lipinski definition) is 5. The highest BCUT2D eigenvalue weighted by Crippen LogP contribution is 2.16. The van der Waals surface area contributed by atoms with Gasteiger partial charge in [-0.3, -0.25) is 10.00 Å². The van der Waals surface area contributed by atoms with E-state index in [-0.39, 0.29) is 12.1 Å². The fourth-order valence-electron chi connectivity index (χ4n) is 1.71. The number of hydrogen-bond donors (Lipinski definition) is 2. The molecule has 2 rings (SSSR count). The second kappa shape index (κ2) is 6.99. The van der Waals surface area contributed by atoms with E-state index in [1.54, 1.807) is 10.9 Å². The van der Waals surface area contributed by atoms with Crippen LogP contribution in [0.5, 0.6) is 0 Å². The Morgan fingerprint density at radius 3 is 3.05 bits per heavy atom. The Hall–Kier alpha value is -1.96. The summed E-state index contributed by atoms with van der Waals surface area (Å²) in [5.41, 5.74) is 0. The summed E-state index contributed by atoms with van der Waals surface area (Å²) >= 11 is 1.41. The third-order valence-electron chi connectivity index (χ3n) is 2.55. The average molecular weight is 294 g/mol. The zero-order valence-corrected chi connectivity index (χ0v) is 12.4. The molecule has 2 heterocycles. The molecule has 0 saturated heterocycles. The molecule has 2 aromatic rings. The maximum atomic E-state index is 11.8. The topological polar surface area (TPSA) is 84.7 Å². The molecule has 8 heteroatoms. The van der Waals surface area contributed by atoms with Crippen LogP contribution in [-0.2, 0) is 13.0 Å². The van der Waals surface area contributed by atoms with Gasteiger partial charge in [0.1, 0.15) is 5.01 Å². The average Bonchev–Trinajstić information content (AvgIpc) is 3.01. The highest BCUT2D eigenvalue weighted by molar-refractivity contribution is 7.15. The van der Waals surface area contributed by atoms with Crippen LogP contribution in [0.15, 0.2) is 18.5 Å². The molecule has 2 amide bonds. The van der Waals surface area contributed by atoms with E-state index in [1.807, 2.05) is 19.2 Å². The first kappa shape index (κ1) is 14.4. The number of nitrogens with one attached hydrogen (secondary N) is 2. The van der Waals surface area contributed by atoms with E-state index in [0.717, 1.165) is 17.8 Å². The Balaban J connectivity index is 1.79. The minimum absolute atomic E-state index is 0.0297. The van der Waals surface area contributed by atoms with E-state index >= 15 is 0 Å². The second-order valence-corrected chi connectivity index (χ2v) is 5.54. The monoisotopic (exact) mass is 294 g/mol. The van der Waals surface area contributed by atoms with Crippen LogP contribution in [0.1, 0.15) is 25.3 Å². The van der Waals surface area contributed by atoms with Crippen LogP contribution in [0.3, 0.4) is 0 Å². The van der Waals surface area contributed by atoms with Crippen molar-refractivity contribution in [3.63, 3.8) is 0 Å². The van der Waals surface area contributed by atoms with Crippen LogP contribution >= 0.6 is 11.3 Å². The van der Waals surface area contributed by atoms with Gasteiger partial charge in [0, 0.05) is 24.9 Å². The summed E-state index contributed by atoms with van der Waals surface area (Å²) in [5, 5.41) is 19.0. The third kappa shape index (κ3) is 4.30. The lowest BCUT2D eigenvalue weighted by Gasteiger charge is -2.13. The number of carbonyl (C=O) groups is 1. The van der Waals surface area contributed by atoms with Crippen LogP contribution in [0.4, 0.5) is 9.93 Å². The van der Waals surface area contributed by atoms with E-state index in [0.29, 0.717) is 11.7 Å². The highest BCUT2D eigenvalue weighted by Gasteiger charge is 2.11. The van der Waals surface area contributed by atoms with Crippen molar-refractivity contribution < 1.29 is 4.79 Å². The fraction of sp³-hybridized carbons (Fsp3) is 0.500. The predicted octanol–water partition coefficient (Wildman–Crippen LogP) is 1.90. The molecule has 0 saturated carbocycles. The van der Waals surface area contributed by atoms with Crippen LogP contribution in [0.25, 0.3) is 0 Å². The smallest absolute Gasteiger partial charge is 0.321 e. The van der Waals surface area contributed by atoms with Gasteiger partial charge in [-0.2, -0.15) is 5.10 Å². The van der Waals surface area contributed by atoms with Gasteiger partial charge >= 0.3 is 6.03 Å². The molecule has 0 unspecified atom stereocenters. The van der Waals surface area contributed by atoms with Crippen LogP contribution in [-0.4, -0.2) is 32.1 Å². The highest BCUT2D eigenvalue weighted by atomic mass is 32.1. The van der Waals surface area contributed by atoms with Gasteiger partial charge in [0.15, 0.2) is 0 Å². The number of aryl methyl sites for hydroxylation is 1. The van der Waals surface area contributed by atoms with Crippen molar-refractivity contribution in [2.45, 2.75) is 39.3 Å². The number of nitrogens with zero attached hydrogens (tertiary/aromatic N) is 4. The number of urea groups is 1. The Kier molecular flexibility index (Phi) is 5.05. The molecule has 0 aliphatic rings. The Labute approximate surface area is 121 Å². The van der Waals surface area contributed by atoms with E-state index in [9.17, 15) is 4.79 Å². The van der Waals surface area contributed by atoms with Crippen LogP contribution in [0, 0.1) is 0 Å². The molecular formula is C12H18N6OS. The molecule has 108 valence electrons. The first-order valence-corrected chi connectivity index (χ1v) is 7.36. The van der Waals surface area contributed by atoms with E-state index in [4.69, 9.17) is 0 Å². The largest absolute Gasteiger partial charge is 0.333 e. The predicted molar refractivity (Wildman–Crippen MR) is 77.7 cm³/mol. The van der Waals surface area contributed by atoms with Crippen molar-refractivity contribution in [1.29, 1.82) is 0 Å². The molecule has 0 bridgehead atoms. The fourth-order valence-corrected chi connectivity index (χ4v) is 2.55. The molecule has 0 spiro atoms. The zero-order chi connectivity index (χ0) is 14.4. The standard InChI is InChI=1S/C12H18N6OS/c1-3-5-10-16-17-12(20-10)15-11(19)14-9(2)8-18-7-4-6-13-18/h4,6-7,9H,3,5,8H2,1-2H3,(H2,14,15,17,19)/t9-/m1/s1. The summed E-state index contributed by atoms with van der Waals surface area (Å²) in [7, 11) is 0. The number of rotatable bonds is 6. The SMILES string of the molecule is CCCc1nnc(NC(=O)N[C@H](C)Cn2cccn2)s1. The van der Waals surface area contributed by atoms with Crippen molar-refractivity contribution in [2.75, 3.05) is 5.32 Å². The van der Waals surface area contributed by atoms with E-state index in [1.165, 1.54) is 11.3 Å². The molecule has 7 nitrogen and oxygen atoms in total. The maximum Gasteiger partial charge on any atom is 0.321 e. The van der Waals surface area contributed by atoms with Crippen molar-refractivity contribution >= 4 is 22.5 Å². The van der Waals surface area contributed by atoms with Crippen LogP contribution < -0.4 is 10.6 Å². The summed E-state index contributed by atoms with van der Waals surface area (Å²) in [6, 6.07) is 1.55. The van der Waals surface area contributed by atoms with Gasteiger partial charge < -0.3 is 5.32 Å². The van der Waals surface area contributed by atoms with E-state index < -0.39 is 0 Å². The summed E-state index contributed by atoms with van der Waals surface area (Å²) < 4.78 is 1.77. The van der Waals surface area contributed by atoms with Gasteiger partial charge in [0.05, 0.1) is 6.54 Å². The summed E-state index contributed by atoms with van der Waals surface area (Å²) in [6.45, 7) is 4.62. The van der Waals surface area contributed by atoms with E-state index in [2.05, 4.69) is 32.9 Å². The number of carbonyl (C=O) groups excluding carboxylic acids is 1. The molecule has 20 heavy (non-hydrogen) atoms. The third-order valence-corrected chi connectivity index (χ3v) is 3.45. The molecule has 0 aromatic carbocycles. The lowest BCUT2D eigenvalue weighted by molar-refractivity contribution is 0.247. The summed E-state index contributed by atoms with van der Waals surface area (Å²) in [5.74, 6) is 0. The van der Waals surface area contributed by atoms with Crippen molar-refractivity contribution in [1.82, 2.24) is 25.3 Å². The number of anilines is 1. The van der Waals surface area contributed by atoms with Gasteiger partial charge in [0.25, 0.3) is 0 Å². The number of amides is 2. The molecule has 0 radical (unpaired) electrons. The van der Waals surface area contributed by atoms with Gasteiger partial charge in [-0.05, 0) is 19.4 Å². The van der Waals surface area contributed by atoms with Crippen molar-refractivity contribution in [2.24, 2.45) is 0 Å². The Morgan fingerprint density at radius 2 is 2.35 bits per heavy atom. The first-order chi connectivity index (χ1) is 9.67. The van der Waals surface area contributed by atoms with Crippen LogP contribution in [0.2, 0.25) is 0 Å². The summed E-state index contributed by atoms with van der Waals surface area (Å²) in [6.07, 6.45) is 5.47. The normalized spacial score (nSPS) is 12.1. The lowest BCUT2D eigenvalue weighted by atomic mass is 10.3. The molecule has 2 N–H and O–H groups in total. The molecule has 0 aliphatic heterocycles. The molecular weight excluding hydrogens is 276 g/mol. The molecule has 0 fully saturated rings. The lowest BCUT2D eigenvalue weighted by Crippen LogP contribution is -2.38. The van der Waals surface area contributed by atoms with Gasteiger partial charge in [-0.1, -0.05) is 18.3 Å². The molecule has 0 aliphatic carbocycles.